The second kappa shape index (κ2) is 6.53. The maximum absolute atomic E-state index is 11.9. The molecule has 1 fully saturated rings. The number of hydrogen-bond acceptors (Lipinski definition) is 3. The Morgan fingerprint density at radius 1 is 1.33 bits per heavy atom. The molecule has 1 aliphatic heterocycles. The van der Waals surface area contributed by atoms with Crippen LogP contribution in [-0.2, 0) is 4.79 Å². The molecule has 1 saturated heterocycles. The second-order valence-electron chi connectivity index (χ2n) is 6.46. The van der Waals surface area contributed by atoms with Gasteiger partial charge in [0.25, 0.3) is 0 Å². The first kappa shape index (κ1) is 15.4. The van der Waals surface area contributed by atoms with Gasteiger partial charge in [-0.2, -0.15) is 0 Å². The van der Waals surface area contributed by atoms with E-state index in [1.807, 2.05) is 0 Å². The molecule has 1 N–H and O–H groups in total. The van der Waals surface area contributed by atoms with E-state index in [2.05, 4.69) is 25.7 Å². The number of aliphatic hydroxyl groups is 1. The van der Waals surface area contributed by atoms with Gasteiger partial charge in [0.05, 0.1) is 13.2 Å². The van der Waals surface area contributed by atoms with Gasteiger partial charge in [-0.25, -0.2) is 0 Å². The molecule has 1 amide bonds. The molecule has 4 nitrogen and oxygen atoms in total. The summed E-state index contributed by atoms with van der Waals surface area (Å²) in [6, 6.07) is 0. The van der Waals surface area contributed by atoms with E-state index >= 15 is 0 Å². The molecule has 0 aliphatic carbocycles. The maximum atomic E-state index is 11.9. The van der Waals surface area contributed by atoms with E-state index < -0.39 is 0 Å². The number of likely N-dealkylation sites (N-methyl/N-ethyl adjacent to an activating group) is 1. The maximum Gasteiger partial charge on any atom is 0.236 e. The van der Waals surface area contributed by atoms with Crippen LogP contribution in [0.4, 0.5) is 0 Å². The van der Waals surface area contributed by atoms with Crippen molar-refractivity contribution in [2.45, 2.75) is 33.6 Å². The minimum absolute atomic E-state index is 0.0360. The van der Waals surface area contributed by atoms with Gasteiger partial charge < -0.3 is 10.0 Å². The molecular weight excluding hydrogens is 228 g/mol. The van der Waals surface area contributed by atoms with Gasteiger partial charge >= 0.3 is 0 Å². The molecule has 0 aromatic heterocycles. The topological polar surface area (TPSA) is 43.8 Å². The third-order valence-corrected chi connectivity index (χ3v) is 4.03. The average Bonchev–Trinajstić information content (AvgIpc) is 2.28. The first-order chi connectivity index (χ1) is 8.34. The Hall–Kier alpha value is -0.610. The zero-order valence-corrected chi connectivity index (χ0v) is 12.3. The lowest BCUT2D eigenvalue weighted by Crippen LogP contribution is -2.44. The van der Waals surface area contributed by atoms with Crippen LogP contribution in [0.5, 0.6) is 0 Å². The Labute approximate surface area is 111 Å². The fourth-order valence-corrected chi connectivity index (χ4v) is 2.54. The van der Waals surface area contributed by atoms with E-state index in [0.29, 0.717) is 18.5 Å². The highest BCUT2D eigenvalue weighted by Crippen LogP contribution is 2.34. The van der Waals surface area contributed by atoms with Crippen molar-refractivity contribution in [2.24, 2.45) is 11.3 Å². The molecule has 106 valence electrons. The van der Waals surface area contributed by atoms with Gasteiger partial charge in [-0.15, -0.1) is 0 Å². The number of hydrogen-bond donors (Lipinski definition) is 1. The van der Waals surface area contributed by atoms with Gasteiger partial charge in [-0.3, -0.25) is 9.69 Å². The highest BCUT2D eigenvalue weighted by atomic mass is 16.3. The van der Waals surface area contributed by atoms with Gasteiger partial charge in [-0.1, -0.05) is 20.8 Å². The molecule has 1 rings (SSSR count). The molecule has 0 aromatic rings. The molecule has 0 saturated carbocycles. The first-order valence-electron chi connectivity index (χ1n) is 6.91. The number of piperidine rings is 1. The summed E-state index contributed by atoms with van der Waals surface area (Å²) >= 11 is 0. The van der Waals surface area contributed by atoms with E-state index in [-0.39, 0.29) is 12.5 Å². The molecule has 0 radical (unpaired) electrons. The Morgan fingerprint density at radius 2 is 1.89 bits per heavy atom. The summed E-state index contributed by atoms with van der Waals surface area (Å²) in [5.41, 5.74) is 0.379. The molecule has 18 heavy (non-hydrogen) atoms. The van der Waals surface area contributed by atoms with Gasteiger partial charge in [0, 0.05) is 13.6 Å². The lowest BCUT2D eigenvalue weighted by molar-refractivity contribution is -0.132. The smallest absolute Gasteiger partial charge is 0.236 e. The number of aliphatic hydroxyl groups excluding tert-OH is 1. The van der Waals surface area contributed by atoms with Crippen LogP contribution in [0, 0.1) is 11.3 Å². The quantitative estimate of drug-likeness (QED) is 0.822. The minimum Gasteiger partial charge on any atom is -0.395 e. The summed E-state index contributed by atoms with van der Waals surface area (Å²) < 4.78 is 0. The zero-order chi connectivity index (χ0) is 13.8. The molecule has 0 spiro atoms. The third-order valence-electron chi connectivity index (χ3n) is 4.03. The highest BCUT2D eigenvalue weighted by molar-refractivity contribution is 5.77. The van der Waals surface area contributed by atoms with Crippen LogP contribution in [0.1, 0.15) is 33.6 Å². The van der Waals surface area contributed by atoms with E-state index in [0.717, 1.165) is 19.0 Å². The summed E-state index contributed by atoms with van der Waals surface area (Å²) in [4.78, 5) is 15.7. The molecule has 0 bridgehead atoms. The predicted octanol–water partition coefficient (Wildman–Crippen LogP) is 1.20. The predicted molar refractivity (Wildman–Crippen MR) is 73.3 cm³/mol. The summed E-state index contributed by atoms with van der Waals surface area (Å²) in [5.74, 6) is 0.872. The standard InChI is InChI=1S/C14H28N2O2/c1-14(2,3)12-5-7-16(8-6-12)11-13(18)15(4)9-10-17/h12,17H,5-11H2,1-4H3. The summed E-state index contributed by atoms with van der Waals surface area (Å²) in [5, 5.41) is 8.81. The van der Waals surface area contributed by atoms with Crippen LogP contribution >= 0.6 is 0 Å². The van der Waals surface area contributed by atoms with E-state index in [1.165, 1.54) is 12.8 Å². The summed E-state index contributed by atoms with van der Waals surface area (Å²) in [6.45, 7) is 9.88. The number of nitrogens with zero attached hydrogens (tertiary/aromatic N) is 2. The van der Waals surface area contributed by atoms with E-state index in [9.17, 15) is 4.79 Å². The normalized spacial score (nSPS) is 18.9. The molecule has 4 heteroatoms. The number of carbonyl (C=O) groups excluding carboxylic acids is 1. The molecule has 0 aromatic carbocycles. The Balaban J connectivity index is 2.33. The lowest BCUT2D eigenvalue weighted by Gasteiger charge is -2.38. The largest absolute Gasteiger partial charge is 0.395 e. The van der Waals surface area contributed by atoms with Crippen molar-refractivity contribution >= 4 is 5.91 Å². The van der Waals surface area contributed by atoms with Crippen molar-refractivity contribution < 1.29 is 9.90 Å². The second-order valence-corrected chi connectivity index (χ2v) is 6.46. The Bertz CT molecular complexity index is 265. The van der Waals surface area contributed by atoms with Gasteiger partial charge in [0.2, 0.25) is 5.91 Å². The van der Waals surface area contributed by atoms with Crippen molar-refractivity contribution in [2.75, 3.05) is 39.8 Å². The Kier molecular flexibility index (Phi) is 5.60. The van der Waals surface area contributed by atoms with Crippen LogP contribution < -0.4 is 0 Å². The highest BCUT2D eigenvalue weighted by Gasteiger charge is 2.29. The van der Waals surface area contributed by atoms with E-state index in [1.54, 1.807) is 11.9 Å². The SMILES string of the molecule is CN(CCO)C(=O)CN1CCC(C(C)(C)C)CC1. The lowest BCUT2D eigenvalue weighted by atomic mass is 9.75. The van der Waals surface area contributed by atoms with E-state index in [4.69, 9.17) is 5.11 Å². The monoisotopic (exact) mass is 256 g/mol. The van der Waals surface area contributed by atoms with Crippen molar-refractivity contribution in [3.05, 3.63) is 0 Å². The van der Waals surface area contributed by atoms with Crippen LogP contribution in [0.3, 0.4) is 0 Å². The van der Waals surface area contributed by atoms with Crippen LogP contribution in [0.25, 0.3) is 0 Å². The van der Waals surface area contributed by atoms with Crippen LogP contribution in [0.15, 0.2) is 0 Å². The minimum atomic E-state index is 0.0360. The molecule has 1 aliphatic rings. The summed E-state index contributed by atoms with van der Waals surface area (Å²) in [6.07, 6.45) is 2.36. The van der Waals surface area contributed by atoms with Crippen molar-refractivity contribution in [3.63, 3.8) is 0 Å². The molecule has 0 unspecified atom stereocenters. The molecule has 0 atom stereocenters. The number of amides is 1. The van der Waals surface area contributed by atoms with Gasteiger partial charge in [0.1, 0.15) is 0 Å². The van der Waals surface area contributed by atoms with Crippen molar-refractivity contribution in [3.8, 4) is 0 Å². The third kappa shape index (κ3) is 4.58. The van der Waals surface area contributed by atoms with Gasteiger partial charge in [0.15, 0.2) is 0 Å². The molecular formula is C14H28N2O2. The van der Waals surface area contributed by atoms with Gasteiger partial charge in [-0.05, 0) is 37.3 Å². The first-order valence-corrected chi connectivity index (χ1v) is 6.91. The summed E-state index contributed by atoms with van der Waals surface area (Å²) in [7, 11) is 1.75. The molecule has 1 heterocycles. The van der Waals surface area contributed by atoms with Crippen molar-refractivity contribution in [1.29, 1.82) is 0 Å². The zero-order valence-electron chi connectivity index (χ0n) is 12.3. The fourth-order valence-electron chi connectivity index (χ4n) is 2.54. The average molecular weight is 256 g/mol. The van der Waals surface area contributed by atoms with Crippen LogP contribution in [-0.4, -0.2) is 60.6 Å². The number of rotatable bonds is 4. The number of likely N-dealkylation sites (tertiary alicyclic amines) is 1. The Morgan fingerprint density at radius 3 is 2.33 bits per heavy atom. The number of carbonyl (C=O) groups is 1. The van der Waals surface area contributed by atoms with Crippen LogP contribution in [0.2, 0.25) is 0 Å². The fraction of sp³-hybridized carbons (Fsp3) is 0.929. The van der Waals surface area contributed by atoms with Crippen molar-refractivity contribution in [1.82, 2.24) is 9.80 Å².